The summed E-state index contributed by atoms with van der Waals surface area (Å²) in [6.45, 7) is -0.646. The van der Waals surface area contributed by atoms with Crippen molar-refractivity contribution in [1.29, 1.82) is 0 Å². The third-order valence-electron chi connectivity index (χ3n) is 3.45. The van der Waals surface area contributed by atoms with Crippen LogP contribution in [0.2, 0.25) is 5.02 Å². The number of methoxy groups -OCH3 is 2. The number of hydrogen-bond acceptors (Lipinski definition) is 6. The number of carbonyl (C=O) groups excluding carboxylic acids is 3. The maximum atomic E-state index is 13.1. The van der Waals surface area contributed by atoms with E-state index in [1.807, 2.05) is 0 Å². The number of halogens is 2. The van der Waals surface area contributed by atoms with Gasteiger partial charge in [-0.3, -0.25) is 9.59 Å². The van der Waals surface area contributed by atoms with Gasteiger partial charge in [-0.2, -0.15) is 0 Å². The van der Waals surface area contributed by atoms with E-state index in [2.05, 4.69) is 5.32 Å². The zero-order valence-corrected chi connectivity index (χ0v) is 15.1. The van der Waals surface area contributed by atoms with Crippen molar-refractivity contribution in [2.75, 3.05) is 26.1 Å². The predicted octanol–water partition coefficient (Wildman–Crippen LogP) is 3.10. The van der Waals surface area contributed by atoms with Crippen LogP contribution in [0.4, 0.5) is 10.1 Å². The van der Waals surface area contributed by atoms with E-state index in [9.17, 15) is 18.8 Å². The second-order valence-electron chi connectivity index (χ2n) is 5.14. The molecule has 0 aliphatic rings. The number of nitrogens with one attached hydrogen (secondary N) is 1. The third kappa shape index (κ3) is 4.73. The van der Waals surface area contributed by atoms with Crippen molar-refractivity contribution in [3.05, 3.63) is 52.3 Å². The highest BCUT2D eigenvalue weighted by atomic mass is 35.5. The molecule has 2 rings (SSSR count). The van der Waals surface area contributed by atoms with Crippen molar-refractivity contribution >= 4 is 35.5 Å². The van der Waals surface area contributed by atoms with Gasteiger partial charge in [0.25, 0.3) is 5.91 Å². The minimum absolute atomic E-state index is 0.0119. The summed E-state index contributed by atoms with van der Waals surface area (Å²) in [6.07, 6.45) is 0.457. The minimum atomic E-state index is -0.944. The van der Waals surface area contributed by atoms with Crippen LogP contribution in [0, 0.1) is 5.82 Å². The number of carbonyl (C=O) groups is 3. The van der Waals surface area contributed by atoms with Gasteiger partial charge in [0, 0.05) is 11.3 Å². The average molecular weight is 396 g/mol. The summed E-state index contributed by atoms with van der Waals surface area (Å²) >= 11 is 5.63. The molecule has 0 atom stereocenters. The Hall–Kier alpha value is -3.13. The quantitative estimate of drug-likeness (QED) is 0.572. The number of amides is 1. The first kappa shape index (κ1) is 20.2. The predicted molar refractivity (Wildman–Crippen MR) is 95.3 cm³/mol. The molecule has 0 aliphatic carbocycles. The first-order valence-electron chi connectivity index (χ1n) is 7.53. The molecular formula is C18H15ClFNO6. The topological polar surface area (TPSA) is 90.9 Å². The van der Waals surface area contributed by atoms with Crippen molar-refractivity contribution in [2.45, 2.75) is 0 Å². The Bertz CT molecular complexity index is 886. The summed E-state index contributed by atoms with van der Waals surface area (Å²) in [5.41, 5.74) is 0.0860. The number of hydrogen-bond donors (Lipinski definition) is 1. The van der Waals surface area contributed by atoms with Gasteiger partial charge in [-0.05, 0) is 30.3 Å². The van der Waals surface area contributed by atoms with Crippen molar-refractivity contribution in [3.8, 4) is 11.5 Å². The summed E-state index contributed by atoms with van der Waals surface area (Å²) in [5.74, 6) is -2.02. The Morgan fingerprint density at radius 2 is 1.93 bits per heavy atom. The van der Waals surface area contributed by atoms with Gasteiger partial charge >= 0.3 is 5.97 Å². The monoisotopic (exact) mass is 395 g/mol. The summed E-state index contributed by atoms with van der Waals surface area (Å²) in [6, 6.07) is 6.43. The maximum Gasteiger partial charge on any atom is 0.343 e. The molecule has 27 heavy (non-hydrogen) atoms. The van der Waals surface area contributed by atoms with Gasteiger partial charge in [-0.1, -0.05) is 11.6 Å². The van der Waals surface area contributed by atoms with E-state index >= 15 is 0 Å². The van der Waals surface area contributed by atoms with Crippen LogP contribution in [-0.2, 0) is 9.53 Å². The molecule has 1 N–H and O–H groups in total. The lowest BCUT2D eigenvalue weighted by molar-refractivity contribution is -0.119. The average Bonchev–Trinajstić information content (AvgIpc) is 2.67. The standard InChI is InChI=1S/C18H15ClFNO6/c1-25-14-6-3-10(8-22)16(17(14)26-2)18(24)27-9-15(23)21-11-4-5-13(20)12(19)7-11/h3-8H,9H2,1-2H3,(H,21,23). The Kier molecular flexibility index (Phi) is 6.73. The lowest BCUT2D eigenvalue weighted by Crippen LogP contribution is -2.22. The fraction of sp³-hybridized carbons (Fsp3) is 0.167. The zero-order valence-electron chi connectivity index (χ0n) is 14.4. The minimum Gasteiger partial charge on any atom is -0.493 e. The Morgan fingerprint density at radius 3 is 2.52 bits per heavy atom. The normalized spacial score (nSPS) is 10.1. The van der Waals surface area contributed by atoms with Crippen LogP contribution >= 0.6 is 11.6 Å². The van der Waals surface area contributed by atoms with E-state index in [0.29, 0.717) is 6.29 Å². The van der Waals surface area contributed by atoms with Gasteiger partial charge in [0.2, 0.25) is 0 Å². The lowest BCUT2D eigenvalue weighted by Gasteiger charge is -2.14. The molecule has 9 heteroatoms. The van der Waals surface area contributed by atoms with Crippen molar-refractivity contribution in [1.82, 2.24) is 0 Å². The van der Waals surface area contributed by atoms with E-state index < -0.39 is 24.3 Å². The van der Waals surface area contributed by atoms with Gasteiger partial charge in [0.15, 0.2) is 24.4 Å². The van der Waals surface area contributed by atoms with Crippen LogP contribution in [0.3, 0.4) is 0 Å². The second kappa shape index (κ2) is 9.00. The van der Waals surface area contributed by atoms with Crippen LogP contribution in [0.25, 0.3) is 0 Å². The van der Waals surface area contributed by atoms with E-state index in [1.165, 1.54) is 38.5 Å². The molecule has 0 radical (unpaired) electrons. The van der Waals surface area contributed by atoms with Crippen molar-refractivity contribution < 1.29 is 33.0 Å². The summed E-state index contributed by atoms with van der Waals surface area (Å²) in [7, 11) is 2.67. The summed E-state index contributed by atoms with van der Waals surface area (Å²) in [5, 5.41) is 2.24. The molecule has 2 aromatic carbocycles. The van der Waals surface area contributed by atoms with E-state index in [0.717, 1.165) is 6.07 Å². The van der Waals surface area contributed by atoms with Crippen molar-refractivity contribution in [3.63, 3.8) is 0 Å². The molecular weight excluding hydrogens is 381 g/mol. The zero-order chi connectivity index (χ0) is 20.0. The molecule has 0 heterocycles. The molecule has 0 fully saturated rings. The Morgan fingerprint density at radius 1 is 1.19 bits per heavy atom. The van der Waals surface area contributed by atoms with Crippen LogP contribution in [0.1, 0.15) is 20.7 Å². The molecule has 1 amide bonds. The molecule has 0 spiro atoms. The van der Waals surface area contributed by atoms with E-state index in [1.54, 1.807) is 0 Å². The van der Waals surface area contributed by atoms with Crippen molar-refractivity contribution in [2.24, 2.45) is 0 Å². The molecule has 7 nitrogen and oxygen atoms in total. The molecule has 0 saturated heterocycles. The van der Waals surface area contributed by atoms with Gasteiger partial charge in [-0.15, -0.1) is 0 Å². The molecule has 142 valence electrons. The fourth-order valence-corrected chi connectivity index (χ4v) is 2.41. The Labute approximate surface area is 159 Å². The first-order chi connectivity index (χ1) is 12.9. The first-order valence-corrected chi connectivity index (χ1v) is 7.91. The fourth-order valence-electron chi connectivity index (χ4n) is 2.23. The maximum absolute atomic E-state index is 13.1. The van der Waals surface area contributed by atoms with Gasteiger partial charge in [0.1, 0.15) is 11.4 Å². The summed E-state index contributed by atoms with van der Waals surface area (Å²) in [4.78, 5) is 35.5. The van der Waals surface area contributed by atoms with Gasteiger partial charge in [0.05, 0.1) is 19.2 Å². The number of rotatable bonds is 7. The largest absolute Gasteiger partial charge is 0.493 e. The number of aldehydes is 1. The molecule has 2 aromatic rings. The van der Waals surface area contributed by atoms with Crippen LogP contribution in [0.15, 0.2) is 30.3 Å². The SMILES string of the molecule is COc1ccc(C=O)c(C(=O)OCC(=O)Nc2ccc(F)c(Cl)c2)c1OC. The molecule has 0 aliphatic heterocycles. The van der Waals surface area contributed by atoms with Gasteiger partial charge < -0.3 is 19.5 Å². The molecule has 0 unspecified atom stereocenters. The Balaban J connectivity index is 2.12. The molecule has 0 saturated carbocycles. The van der Waals surface area contributed by atoms with E-state index in [-0.39, 0.29) is 33.3 Å². The van der Waals surface area contributed by atoms with Crippen LogP contribution < -0.4 is 14.8 Å². The third-order valence-corrected chi connectivity index (χ3v) is 3.74. The number of anilines is 1. The molecule has 0 aromatic heterocycles. The highest BCUT2D eigenvalue weighted by Crippen LogP contribution is 2.33. The summed E-state index contributed by atoms with van der Waals surface area (Å²) < 4.78 is 28.3. The van der Waals surface area contributed by atoms with Crippen LogP contribution in [-0.4, -0.2) is 39.0 Å². The van der Waals surface area contributed by atoms with E-state index in [4.69, 9.17) is 25.8 Å². The van der Waals surface area contributed by atoms with Gasteiger partial charge in [-0.25, -0.2) is 9.18 Å². The number of esters is 1. The highest BCUT2D eigenvalue weighted by Gasteiger charge is 2.23. The van der Waals surface area contributed by atoms with Crippen LogP contribution in [0.5, 0.6) is 11.5 Å². The highest BCUT2D eigenvalue weighted by molar-refractivity contribution is 6.31. The molecule has 0 bridgehead atoms. The number of ether oxygens (including phenoxy) is 3. The second-order valence-corrected chi connectivity index (χ2v) is 5.54. The smallest absolute Gasteiger partial charge is 0.343 e. The number of benzene rings is 2. The lowest BCUT2D eigenvalue weighted by atomic mass is 10.1.